The van der Waals surface area contributed by atoms with Crippen LogP contribution in [0.25, 0.3) is 11.6 Å². The highest BCUT2D eigenvalue weighted by molar-refractivity contribution is 5.46. The average molecular weight is 242 g/mol. The summed E-state index contributed by atoms with van der Waals surface area (Å²) in [5.41, 5.74) is 2.10. The fraction of sp³-hybridized carbons (Fsp3) is 0.333. The molecule has 3 heterocycles. The van der Waals surface area contributed by atoms with Crippen LogP contribution in [0.4, 0.5) is 0 Å². The molecule has 0 aliphatic carbocycles. The molecule has 6 heteroatoms. The lowest BCUT2D eigenvalue weighted by Crippen LogP contribution is -2.13. The predicted molar refractivity (Wildman–Crippen MR) is 66.7 cm³/mol. The van der Waals surface area contributed by atoms with E-state index in [9.17, 15) is 0 Å². The van der Waals surface area contributed by atoms with Crippen LogP contribution < -0.4 is 0 Å². The molecule has 6 nitrogen and oxygen atoms in total. The molecule has 0 saturated heterocycles. The molecule has 3 rings (SSSR count). The van der Waals surface area contributed by atoms with Gasteiger partial charge in [0.15, 0.2) is 5.82 Å². The topological polar surface area (TPSA) is 60.9 Å². The monoisotopic (exact) mass is 242 g/mol. The lowest BCUT2D eigenvalue weighted by atomic mass is 10.0. The highest BCUT2D eigenvalue weighted by Gasteiger charge is 2.18. The minimum Gasteiger partial charge on any atom is -0.222 e. The van der Waals surface area contributed by atoms with Gasteiger partial charge in [0.2, 0.25) is 0 Å². The maximum atomic E-state index is 4.48. The molecule has 0 bridgehead atoms. The number of fused-ring (bicyclic) bond motifs is 1. The highest BCUT2D eigenvalue weighted by atomic mass is 15.4. The van der Waals surface area contributed by atoms with E-state index in [2.05, 4.69) is 34.0 Å². The molecule has 0 saturated carbocycles. The average Bonchev–Trinajstić information content (AvgIpc) is 2.96. The van der Waals surface area contributed by atoms with Gasteiger partial charge in [-0.3, -0.25) is 0 Å². The third kappa shape index (κ3) is 1.49. The Hall–Kier alpha value is -2.24. The summed E-state index contributed by atoms with van der Waals surface area (Å²) in [6.45, 7) is 6.27. The third-order valence-electron chi connectivity index (χ3n) is 2.93. The molecule has 0 spiro atoms. The second-order valence-electron chi connectivity index (χ2n) is 4.51. The van der Waals surface area contributed by atoms with Crippen molar-refractivity contribution in [1.82, 2.24) is 29.4 Å². The molecule has 0 fully saturated rings. The first kappa shape index (κ1) is 10.9. The van der Waals surface area contributed by atoms with E-state index < -0.39 is 0 Å². The Morgan fingerprint density at radius 3 is 2.72 bits per heavy atom. The Balaban J connectivity index is 2.44. The van der Waals surface area contributed by atoms with E-state index in [1.165, 1.54) is 6.33 Å². The summed E-state index contributed by atoms with van der Waals surface area (Å²) in [6.07, 6.45) is 5.17. The summed E-state index contributed by atoms with van der Waals surface area (Å²) in [7, 11) is 0. The van der Waals surface area contributed by atoms with Gasteiger partial charge in [-0.1, -0.05) is 13.8 Å². The maximum absolute atomic E-state index is 4.48. The maximum Gasteiger partial charge on any atom is 0.254 e. The van der Waals surface area contributed by atoms with Crippen molar-refractivity contribution in [2.75, 3.05) is 0 Å². The van der Waals surface area contributed by atoms with Gasteiger partial charge < -0.3 is 0 Å². The second-order valence-corrected chi connectivity index (χ2v) is 4.51. The minimum atomic E-state index is 0.338. The Labute approximate surface area is 104 Å². The standard InChI is InChI=1S/C12H14N6/c1-8(2)10-9(3)16-12-13-7-15-18(12)11(10)17-6-4-5-14-17/h4-8H,1-3H3. The quantitative estimate of drug-likeness (QED) is 0.686. The number of hydrogen-bond donors (Lipinski definition) is 0. The van der Waals surface area contributed by atoms with Crippen molar-refractivity contribution in [3.63, 3.8) is 0 Å². The summed E-state index contributed by atoms with van der Waals surface area (Å²) in [5.74, 6) is 1.85. The van der Waals surface area contributed by atoms with Crippen molar-refractivity contribution in [3.05, 3.63) is 36.0 Å². The second kappa shape index (κ2) is 3.90. The van der Waals surface area contributed by atoms with Gasteiger partial charge in [-0.05, 0) is 18.9 Å². The van der Waals surface area contributed by atoms with Crippen molar-refractivity contribution in [2.24, 2.45) is 0 Å². The first-order valence-corrected chi connectivity index (χ1v) is 5.88. The number of hydrogen-bond acceptors (Lipinski definition) is 4. The minimum absolute atomic E-state index is 0.338. The number of aryl methyl sites for hydroxylation is 1. The van der Waals surface area contributed by atoms with Crippen molar-refractivity contribution >= 4 is 5.78 Å². The molecule has 0 aromatic carbocycles. The highest BCUT2D eigenvalue weighted by Crippen LogP contribution is 2.25. The van der Waals surface area contributed by atoms with E-state index in [1.807, 2.05) is 23.9 Å². The fourth-order valence-electron chi connectivity index (χ4n) is 2.24. The van der Waals surface area contributed by atoms with Gasteiger partial charge in [0, 0.05) is 23.7 Å². The zero-order chi connectivity index (χ0) is 12.7. The van der Waals surface area contributed by atoms with Gasteiger partial charge in [0.1, 0.15) is 6.33 Å². The fourth-order valence-corrected chi connectivity index (χ4v) is 2.24. The Morgan fingerprint density at radius 1 is 1.22 bits per heavy atom. The molecule has 0 unspecified atom stereocenters. The van der Waals surface area contributed by atoms with Gasteiger partial charge in [0.25, 0.3) is 5.78 Å². The van der Waals surface area contributed by atoms with Crippen LogP contribution in [0.3, 0.4) is 0 Å². The van der Waals surface area contributed by atoms with Crippen molar-refractivity contribution in [3.8, 4) is 5.82 Å². The molecule has 3 aromatic heterocycles. The molecule has 0 aliphatic rings. The van der Waals surface area contributed by atoms with E-state index in [0.717, 1.165) is 17.1 Å². The van der Waals surface area contributed by atoms with Crippen molar-refractivity contribution < 1.29 is 0 Å². The third-order valence-corrected chi connectivity index (χ3v) is 2.93. The smallest absolute Gasteiger partial charge is 0.222 e. The number of nitrogens with zero attached hydrogens (tertiary/aromatic N) is 6. The van der Waals surface area contributed by atoms with Crippen LogP contribution in [-0.2, 0) is 0 Å². The van der Waals surface area contributed by atoms with Crippen LogP contribution in [0.2, 0.25) is 0 Å². The SMILES string of the molecule is Cc1nc2ncnn2c(-n2cccn2)c1C(C)C. The van der Waals surface area contributed by atoms with E-state index in [-0.39, 0.29) is 0 Å². The first-order valence-electron chi connectivity index (χ1n) is 5.88. The van der Waals surface area contributed by atoms with Crippen LogP contribution >= 0.6 is 0 Å². The summed E-state index contributed by atoms with van der Waals surface area (Å²) >= 11 is 0. The molecule has 0 aliphatic heterocycles. The van der Waals surface area contributed by atoms with Crippen LogP contribution in [-0.4, -0.2) is 29.4 Å². The van der Waals surface area contributed by atoms with Gasteiger partial charge in [0.05, 0.1) is 0 Å². The molecular formula is C12H14N6. The summed E-state index contributed by atoms with van der Waals surface area (Å²) in [6, 6.07) is 1.89. The molecule has 0 atom stereocenters. The first-order chi connectivity index (χ1) is 8.68. The largest absolute Gasteiger partial charge is 0.254 e. The Bertz CT molecular complexity index is 680. The normalized spacial score (nSPS) is 11.6. The van der Waals surface area contributed by atoms with Crippen LogP contribution in [0.5, 0.6) is 0 Å². The van der Waals surface area contributed by atoms with Gasteiger partial charge >= 0.3 is 0 Å². The lowest BCUT2D eigenvalue weighted by molar-refractivity contribution is 0.725. The van der Waals surface area contributed by atoms with Crippen LogP contribution in [0, 0.1) is 6.92 Å². The molecule has 18 heavy (non-hydrogen) atoms. The van der Waals surface area contributed by atoms with Gasteiger partial charge in [-0.25, -0.2) is 9.67 Å². The van der Waals surface area contributed by atoms with Crippen LogP contribution in [0.1, 0.15) is 31.0 Å². The van der Waals surface area contributed by atoms with Gasteiger partial charge in [-0.2, -0.15) is 19.7 Å². The number of rotatable bonds is 2. The predicted octanol–water partition coefficient (Wildman–Crippen LogP) is 1.74. The van der Waals surface area contributed by atoms with E-state index in [4.69, 9.17) is 0 Å². The molecule has 0 radical (unpaired) electrons. The zero-order valence-corrected chi connectivity index (χ0v) is 10.6. The summed E-state index contributed by atoms with van der Waals surface area (Å²) in [5, 5.41) is 8.54. The Kier molecular flexibility index (Phi) is 2.36. The molecule has 0 amide bonds. The van der Waals surface area contributed by atoms with Gasteiger partial charge in [-0.15, -0.1) is 0 Å². The molecule has 3 aromatic rings. The molecule has 92 valence electrons. The van der Waals surface area contributed by atoms with Crippen LogP contribution in [0.15, 0.2) is 24.8 Å². The molecule has 0 N–H and O–H groups in total. The van der Waals surface area contributed by atoms with Crippen molar-refractivity contribution in [1.29, 1.82) is 0 Å². The summed E-state index contributed by atoms with van der Waals surface area (Å²) in [4.78, 5) is 8.63. The zero-order valence-electron chi connectivity index (χ0n) is 10.6. The molecular weight excluding hydrogens is 228 g/mol. The lowest BCUT2D eigenvalue weighted by Gasteiger charge is -2.15. The Morgan fingerprint density at radius 2 is 2.06 bits per heavy atom. The van der Waals surface area contributed by atoms with Crippen molar-refractivity contribution in [2.45, 2.75) is 26.7 Å². The van der Waals surface area contributed by atoms with E-state index in [1.54, 1.807) is 10.7 Å². The summed E-state index contributed by atoms with van der Waals surface area (Å²) < 4.78 is 3.54. The number of aromatic nitrogens is 6. The van der Waals surface area contributed by atoms with E-state index >= 15 is 0 Å². The van der Waals surface area contributed by atoms with E-state index in [0.29, 0.717) is 11.7 Å².